The number of rotatable bonds is 6. The molecule has 2 aliphatic rings. The van der Waals surface area contributed by atoms with E-state index in [0.717, 1.165) is 19.3 Å². The van der Waals surface area contributed by atoms with Crippen LogP contribution in [0.5, 0.6) is 0 Å². The summed E-state index contributed by atoms with van der Waals surface area (Å²) in [7, 11) is 0. The molecule has 3 amide bonds. The first-order valence-corrected chi connectivity index (χ1v) is 6.61. The van der Waals surface area contributed by atoms with E-state index in [2.05, 4.69) is 16.0 Å². The van der Waals surface area contributed by atoms with Gasteiger partial charge in [0.25, 0.3) is 0 Å². The van der Waals surface area contributed by atoms with Gasteiger partial charge < -0.3 is 21.1 Å². The molecule has 0 atom stereocenters. The molecule has 0 bridgehead atoms. The summed E-state index contributed by atoms with van der Waals surface area (Å²) in [6.07, 6.45) is 3.63. The number of carbonyl (C=O) groups excluding carboxylic acids is 2. The normalized spacial score (nSPS) is 20.0. The van der Waals surface area contributed by atoms with Crippen molar-refractivity contribution in [3.8, 4) is 0 Å². The SMILES string of the molecule is O=C(NCCNC(=O)C1CC1)NC1(C(=O)O)CCC1. The minimum absolute atomic E-state index is 0.0307. The number of urea groups is 1. The van der Waals surface area contributed by atoms with Gasteiger partial charge in [0, 0.05) is 19.0 Å². The van der Waals surface area contributed by atoms with Crippen molar-refractivity contribution >= 4 is 17.9 Å². The summed E-state index contributed by atoms with van der Waals surface area (Å²) in [4.78, 5) is 33.9. The molecule has 0 saturated heterocycles. The third-order valence-electron chi connectivity index (χ3n) is 3.63. The summed E-state index contributed by atoms with van der Waals surface area (Å²) in [5.41, 5.74) is -1.10. The number of hydrogen-bond donors (Lipinski definition) is 4. The Morgan fingerprint density at radius 3 is 2.21 bits per heavy atom. The molecule has 106 valence electrons. The quantitative estimate of drug-likeness (QED) is 0.502. The van der Waals surface area contributed by atoms with Gasteiger partial charge in [-0.2, -0.15) is 0 Å². The van der Waals surface area contributed by atoms with Crippen molar-refractivity contribution in [2.24, 2.45) is 5.92 Å². The number of carbonyl (C=O) groups is 3. The predicted molar refractivity (Wildman–Crippen MR) is 66.5 cm³/mol. The molecule has 2 saturated carbocycles. The van der Waals surface area contributed by atoms with Crippen LogP contribution in [0.25, 0.3) is 0 Å². The summed E-state index contributed by atoms with van der Waals surface area (Å²) < 4.78 is 0. The van der Waals surface area contributed by atoms with E-state index in [1.54, 1.807) is 0 Å². The molecule has 4 N–H and O–H groups in total. The number of nitrogens with one attached hydrogen (secondary N) is 3. The monoisotopic (exact) mass is 269 g/mol. The van der Waals surface area contributed by atoms with Gasteiger partial charge in [0.2, 0.25) is 5.91 Å². The summed E-state index contributed by atoms with van der Waals surface area (Å²) >= 11 is 0. The highest BCUT2D eigenvalue weighted by Gasteiger charge is 2.45. The highest BCUT2D eigenvalue weighted by molar-refractivity contribution is 5.87. The van der Waals surface area contributed by atoms with Crippen LogP contribution in [0.2, 0.25) is 0 Å². The molecule has 0 aliphatic heterocycles. The van der Waals surface area contributed by atoms with Gasteiger partial charge in [-0.15, -0.1) is 0 Å². The lowest BCUT2D eigenvalue weighted by atomic mass is 9.77. The van der Waals surface area contributed by atoms with E-state index in [-0.39, 0.29) is 11.8 Å². The van der Waals surface area contributed by atoms with Crippen LogP contribution in [0.1, 0.15) is 32.1 Å². The van der Waals surface area contributed by atoms with Crippen molar-refractivity contribution in [2.75, 3.05) is 13.1 Å². The van der Waals surface area contributed by atoms with Gasteiger partial charge in [-0.05, 0) is 32.1 Å². The lowest BCUT2D eigenvalue weighted by Gasteiger charge is -2.38. The first-order valence-electron chi connectivity index (χ1n) is 6.61. The average molecular weight is 269 g/mol. The topological polar surface area (TPSA) is 108 Å². The Bertz CT molecular complexity index is 388. The van der Waals surface area contributed by atoms with Crippen molar-refractivity contribution in [3.63, 3.8) is 0 Å². The maximum absolute atomic E-state index is 11.5. The first-order chi connectivity index (χ1) is 9.03. The average Bonchev–Trinajstić information content (AvgIpc) is 3.12. The standard InChI is InChI=1S/C12H19N3O4/c16-9(8-2-3-8)13-6-7-14-11(19)15-12(10(17)18)4-1-5-12/h8H,1-7H2,(H,13,16)(H,17,18)(H2,14,15,19). The Morgan fingerprint density at radius 1 is 1.11 bits per heavy atom. The van der Waals surface area contributed by atoms with Gasteiger partial charge in [-0.3, -0.25) is 4.79 Å². The fourth-order valence-corrected chi connectivity index (χ4v) is 2.04. The van der Waals surface area contributed by atoms with Gasteiger partial charge in [0.15, 0.2) is 0 Å². The molecule has 2 aliphatic carbocycles. The van der Waals surface area contributed by atoms with E-state index >= 15 is 0 Å². The predicted octanol–water partition coefficient (Wildman–Crippen LogP) is -0.181. The largest absolute Gasteiger partial charge is 0.480 e. The number of hydrogen-bond acceptors (Lipinski definition) is 3. The molecule has 0 heterocycles. The maximum Gasteiger partial charge on any atom is 0.329 e. The summed E-state index contributed by atoms with van der Waals surface area (Å²) in [6, 6.07) is -0.497. The van der Waals surface area contributed by atoms with Crippen LogP contribution in [0.15, 0.2) is 0 Å². The summed E-state index contributed by atoms with van der Waals surface area (Å²) in [5, 5.41) is 16.8. The van der Waals surface area contributed by atoms with Crippen LogP contribution in [-0.4, -0.2) is 41.6 Å². The summed E-state index contributed by atoms with van der Waals surface area (Å²) in [6.45, 7) is 0.656. The minimum atomic E-state index is -1.10. The zero-order chi connectivity index (χ0) is 13.9. The molecule has 0 spiro atoms. The third kappa shape index (κ3) is 3.36. The van der Waals surface area contributed by atoms with Crippen LogP contribution < -0.4 is 16.0 Å². The second kappa shape index (κ2) is 5.46. The Morgan fingerprint density at radius 2 is 1.74 bits per heavy atom. The Balaban J connectivity index is 1.61. The Hall–Kier alpha value is -1.79. The fraction of sp³-hybridized carbons (Fsp3) is 0.750. The third-order valence-corrected chi connectivity index (χ3v) is 3.63. The lowest BCUT2D eigenvalue weighted by molar-refractivity contribution is -0.148. The van der Waals surface area contributed by atoms with E-state index in [1.165, 1.54) is 0 Å². The minimum Gasteiger partial charge on any atom is -0.480 e. The zero-order valence-electron chi connectivity index (χ0n) is 10.7. The van der Waals surface area contributed by atoms with Gasteiger partial charge in [0.1, 0.15) is 5.54 Å². The zero-order valence-corrected chi connectivity index (χ0v) is 10.7. The molecule has 7 nitrogen and oxygen atoms in total. The second-order valence-electron chi connectivity index (χ2n) is 5.19. The van der Waals surface area contributed by atoms with E-state index in [0.29, 0.717) is 25.9 Å². The molecule has 2 rings (SSSR count). The van der Waals surface area contributed by atoms with Crippen LogP contribution in [0.4, 0.5) is 4.79 Å². The molecule has 0 aromatic carbocycles. The lowest BCUT2D eigenvalue weighted by Crippen LogP contribution is -2.61. The summed E-state index contributed by atoms with van der Waals surface area (Å²) in [5.74, 6) is -0.807. The van der Waals surface area contributed by atoms with Crippen molar-refractivity contribution in [1.29, 1.82) is 0 Å². The molecular weight excluding hydrogens is 250 g/mol. The highest BCUT2D eigenvalue weighted by Crippen LogP contribution is 2.31. The van der Waals surface area contributed by atoms with Crippen molar-refractivity contribution < 1.29 is 19.5 Å². The molecule has 0 unspecified atom stereocenters. The number of carboxylic acids is 1. The number of amides is 3. The molecule has 7 heteroatoms. The van der Waals surface area contributed by atoms with Gasteiger partial charge in [-0.25, -0.2) is 9.59 Å². The van der Waals surface area contributed by atoms with Crippen LogP contribution in [0.3, 0.4) is 0 Å². The maximum atomic E-state index is 11.5. The van der Waals surface area contributed by atoms with Crippen molar-refractivity contribution in [3.05, 3.63) is 0 Å². The van der Waals surface area contributed by atoms with Crippen LogP contribution >= 0.6 is 0 Å². The van der Waals surface area contributed by atoms with E-state index in [9.17, 15) is 14.4 Å². The Labute approximate surface area is 111 Å². The smallest absolute Gasteiger partial charge is 0.329 e. The van der Waals surface area contributed by atoms with Crippen molar-refractivity contribution in [1.82, 2.24) is 16.0 Å². The van der Waals surface area contributed by atoms with Crippen LogP contribution in [-0.2, 0) is 9.59 Å². The molecule has 2 fully saturated rings. The fourth-order valence-electron chi connectivity index (χ4n) is 2.04. The van der Waals surface area contributed by atoms with Gasteiger partial charge in [0.05, 0.1) is 0 Å². The van der Waals surface area contributed by atoms with E-state index in [1.807, 2.05) is 0 Å². The molecule has 0 aromatic heterocycles. The molecule has 19 heavy (non-hydrogen) atoms. The van der Waals surface area contributed by atoms with Gasteiger partial charge >= 0.3 is 12.0 Å². The molecule has 0 aromatic rings. The molecular formula is C12H19N3O4. The van der Waals surface area contributed by atoms with Crippen LogP contribution in [0, 0.1) is 5.92 Å². The van der Waals surface area contributed by atoms with E-state index < -0.39 is 17.5 Å². The van der Waals surface area contributed by atoms with Gasteiger partial charge in [-0.1, -0.05) is 0 Å². The first kappa shape index (κ1) is 13.6. The second-order valence-corrected chi connectivity index (χ2v) is 5.19. The molecule has 0 radical (unpaired) electrons. The van der Waals surface area contributed by atoms with E-state index in [4.69, 9.17) is 5.11 Å². The number of carboxylic acid groups (broad SMARTS) is 1. The Kier molecular flexibility index (Phi) is 3.92. The number of aliphatic carboxylic acids is 1. The van der Waals surface area contributed by atoms with Crippen molar-refractivity contribution in [2.45, 2.75) is 37.6 Å². The highest BCUT2D eigenvalue weighted by atomic mass is 16.4.